The van der Waals surface area contributed by atoms with Crippen LogP contribution in [0.5, 0.6) is 0 Å². The fraction of sp³-hybridized carbons (Fsp3) is 1.00. The molecule has 0 bridgehead atoms. The van der Waals surface area contributed by atoms with E-state index in [-0.39, 0.29) is 0 Å². The van der Waals surface area contributed by atoms with Crippen LogP contribution in [0.1, 0.15) is 19.3 Å². The third kappa shape index (κ3) is 352. The minimum atomic E-state index is 1.00. The van der Waals surface area contributed by atoms with Gasteiger partial charge in [-0.05, 0) is 0 Å². The van der Waals surface area contributed by atoms with Crippen molar-refractivity contribution >= 4 is 0 Å². The molecule has 3 nitrogen and oxygen atoms in total. The van der Waals surface area contributed by atoms with Crippen LogP contribution in [0.3, 0.4) is 0 Å². The molecule has 0 aromatic heterocycles. The highest BCUT2D eigenvalue weighted by atomic mass is 16.2. The van der Waals surface area contributed by atoms with Crippen molar-refractivity contribution in [2.75, 3.05) is 21.3 Å². The van der Waals surface area contributed by atoms with E-state index in [9.17, 15) is 0 Å². The van der Waals surface area contributed by atoms with E-state index in [0.717, 1.165) is 21.3 Å². The lowest BCUT2D eigenvalue weighted by molar-refractivity contribution is 0.399. The minimum Gasteiger partial charge on any atom is -0.400 e. The molecule has 0 aromatic carbocycles. The molecule has 0 aliphatic heterocycles. The van der Waals surface area contributed by atoms with Crippen molar-refractivity contribution in [3.63, 3.8) is 0 Å². The van der Waals surface area contributed by atoms with Crippen LogP contribution < -0.4 is 0 Å². The van der Waals surface area contributed by atoms with Gasteiger partial charge in [-0.1, -0.05) is 19.3 Å². The lowest BCUT2D eigenvalue weighted by atomic mass is 11.0. The molecule has 0 atom stereocenters. The molecule has 60 valence electrons. The second kappa shape index (κ2) is 45.0. The zero-order chi connectivity index (χ0) is 8.12. The summed E-state index contributed by atoms with van der Waals surface area (Å²) in [6.45, 7) is 0. The Balaban J connectivity index is -0.0000000557. The lowest BCUT2D eigenvalue weighted by Gasteiger charge is -1.21. The summed E-state index contributed by atoms with van der Waals surface area (Å²) in [6, 6.07) is 0. The Labute approximate surface area is 57.0 Å². The summed E-state index contributed by atoms with van der Waals surface area (Å²) in [5.74, 6) is 0. The molecule has 0 spiro atoms. The monoisotopic (exact) mass is 138 g/mol. The largest absolute Gasteiger partial charge is 0.400 e. The quantitative estimate of drug-likeness (QED) is 0.441. The van der Waals surface area contributed by atoms with Gasteiger partial charge in [0.15, 0.2) is 0 Å². The van der Waals surface area contributed by atoms with Crippen LogP contribution >= 0.6 is 0 Å². The smallest absolute Gasteiger partial charge is 0.0319 e. The predicted molar refractivity (Wildman–Crippen MR) is 38.3 cm³/mol. The van der Waals surface area contributed by atoms with Gasteiger partial charge in [-0.15, -0.1) is 0 Å². The van der Waals surface area contributed by atoms with E-state index >= 15 is 0 Å². The molecule has 1 aliphatic carbocycles. The van der Waals surface area contributed by atoms with E-state index in [1.165, 1.54) is 19.3 Å². The maximum atomic E-state index is 7.00. The van der Waals surface area contributed by atoms with Gasteiger partial charge in [0.1, 0.15) is 0 Å². The molecule has 1 saturated carbocycles. The van der Waals surface area contributed by atoms with Crippen molar-refractivity contribution in [3.05, 3.63) is 0 Å². The molecular formula is C6H18O3. The summed E-state index contributed by atoms with van der Waals surface area (Å²) in [5, 5.41) is 21.0. The van der Waals surface area contributed by atoms with Crippen LogP contribution in [0.25, 0.3) is 0 Å². The fourth-order valence-electron chi connectivity index (χ4n) is 0. The molecule has 1 aliphatic rings. The molecule has 3 N–H and O–H groups in total. The van der Waals surface area contributed by atoms with Crippen molar-refractivity contribution in [3.8, 4) is 0 Å². The first-order valence-corrected chi connectivity index (χ1v) is 2.84. The highest BCUT2D eigenvalue weighted by Gasteiger charge is 1.95. The molecule has 1 rings (SSSR count). The van der Waals surface area contributed by atoms with E-state index in [4.69, 9.17) is 15.3 Å². The molecule has 0 unspecified atom stereocenters. The van der Waals surface area contributed by atoms with E-state index < -0.39 is 0 Å². The third-order valence-corrected chi connectivity index (χ3v) is 0.354. The Hall–Kier alpha value is -0.120. The Morgan fingerprint density at radius 3 is 0.667 bits per heavy atom. The van der Waals surface area contributed by atoms with Gasteiger partial charge in [0.05, 0.1) is 0 Å². The second-order valence-corrected chi connectivity index (χ2v) is 1.06. The molecule has 9 heavy (non-hydrogen) atoms. The van der Waals surface area contributed by atoms with Gasteiger partial charge in [-0.3, -0.25) is 0 Å². The maximum absolute atomic E-state index is 7.00. The van der Waals surface area contributed by atoms with Crippen molar-refractivity contribution in [1.29, 1.82) is 0 Å². The normalized spacial score (nSPS) is 10.0. The van der Waals surface area contributed by atoms with Crippen LogP contribution in [0.2, 0.25) is 0 Å². The molecule has 0 radical (unpaired) electrons. The second-order valence-electron chi connectivity index (χ2n) is 1.06. The number of hydrogen-bond donors (Lipinski definition) is 3. The van der Waals surface area contributed by atoms with Gasteiger partial charge in [0.2, 0.25) is 0 Å². The molecule has 0 amide bonds. The summed E-state index contributed by atoms with van der Waals surface area (Å²) in [5.41, 5.74) is 0. The van der Waals surface area contributed by atoms with E-state index in [0.29, 0.717) is 0 Å². The molecule has 0 aromatic rings. The van der Waals surface area contributed by atoms with Crippen molar-refractivity contribution in [2.45, 2.75) is 19.3 Å². The highest BCUT2D eigenvalue weighted by Crippen LogP contribution is 2.14. The van der Waals surface area contributed by atoms with Gasteiger partial charge in [0, 0.05) is 21.3 Å². The Morgan fingerprint density at radius 2 is 0.667 bits per heavy atom. The lowest BCUT2D eigenvalue weighted by Crippen LogP contribution is -1.25. The Kier molecular flexibility index (Phi) is 79.7. The van der Waals surface area contributed by atoms with Gasteiger partial charge in [0.25, 0.3) is 0 Å². The van der Waals surface area contributed by atoms with Gasteiger partial charge in [-0.2, -0.15) is 0 Å². The topological polar surface area (TPSA) is 60.7 Å². The zero-order valence-corrected chi connectivity index (χ0v) is 6.46. The first-order chi connectivity index (χ1) is 4.50. The number of aliphatic hydroxyl groups excluding tert-OH is 3. The van der Waals surface area contributed by atoms with E-state index in [2.05, 4.69) is 0 Å². The van der Waals surface area contributed by atoms with Crippen LogP contribution in [0.15, 0.2) is 0 Å². The van der Waals surface area contributed by atoms with Crippen LogP contribution in [-0.4, -0.2) is 36.6 Å². The SMILES string of the molecule is C1CC1.CO.CO.CO. The molecule has 3 heteroatoms. The molecule has 0 heterocycles. The number of hydrogen-bond acceptors (Lipinski definition) is 3. The summed E-state index contributed by atoms with van der Waals surface area (Å²) < 4.78 is 0. The average Bonchev–Trinajstić information content (AvgIpc) is 2.84. The summed E-state index contributed by atoms with van der Waals surface area (Å²) >= 11 is 0. The average molecular weight is 138 g/mol. The summed E-state index contributed by atoms with van der Waals surface area (Å²) in [4.78, 5) is 0. The first kappa shape index (κ1) is 15.9. The van der Waals surface area contributed by atoms with E-state index in [1.807, 2.05) is 0 Å². The fourth-order valence-corrected chi connectivity index (χ4v) is 0. The maximum Gasteiger partial charge on any atom is 0.0319 e. The third-order valence-electron chi connectivity index (χ3n) is 0.354. The number of rotatable bonds is 0. The van der Waals surface area contributed by atoms with Crippen molar-refractivity contribution in [1.82, 2.24) is 0 Å². The van der Waals surface area contributed by atoms with Crippen molar-refractivity contribution < 1.29 is 15.3 Å². The van der Waals surface area contributed by atoms with E-state index in [1.54, 1.807) is 0 Å². The molecule has 1 fully saturated rings. The van der Waals surface area contributed by atoms with Gasteiger partial charge >= 0.3 is 0 Å². The van der Waals surface area contributed by atoms with Crippen LogP contribution in [0, 0.1) is 0 Å². The summed E-state index contributed by atoms with van der Waals surface area (Å²) in [7, 11) is 3.00. The highest BCUT2D eigenvalue weighted by molar-refractivity contribution is 4.50. The minimum absolute atomic E-state index is 1.00. The molecular weight excluding hydrogens is 120 g/mol. The van der Waals surface area contributed by atoms with Gasteiger partial charge in [-0.25, -0.2) is 0 Å². The van der Waals surface area contributed by atoms with Gasteiger partial charge < -0.3 is 15.3 Å². The number of aliphatic hydroxyl groups is 3. The van der Waals surface area contributed by atoms with Crippen LogP contribution in [-0.2, 0) is 0 Å². The first-order valence-electron chi connectivity index (χ1n) is 2.84. The predicted octanol–water partition coefficient (Wildman–Crippen LogP) is -0.00420. The zero-order valence-electron chi connectivity index (χ0n) is 6.46. The van der Waals surface area contributed by atoms with Crippen LogP contribution in [0.4, 0.5) is 0 Å². The Morgan fingerprint density at radius 1 is 0.556 bits per heavy atom. The van der Waals surface area contributed by atoms with Crippen molar-refractivity contribution in [2.24, 2.45) is 0 Å². The summed E-state index contributed by atoms with van der Waals surface area (Å²) in [6.07, 6.45) is 4.50. The standard InChI is InChI=1S/C3H6.3CH4O/c1-2-3-1;3*1-2/h1-3H2;3*2H,1H3. The Bertz CT molecular complexity index is 13.0. The molecule has 0 saturated heterocycles.